The van der Waals surface area contributed by atoms with Crippen LogP contribution >= 0.6 is 0 Å². The van der Waals surface area contributed by atoms with Gasteiger partial charge in [-0.3, -0.25) is 4.79 Å². The van der Waals surface area contributed by atoms with Crippen LogP contribution in [-0.4, -0.2) is 50.7 Å². The SMILES string of the molecule is COC(=O)[C@@H]1C[C@H](Oc2ccccc2F)CN1S(C)(=O)=O. The second kappa shape index (κ2) is 5.98. The van der Waals surface area contributed by atoms with Crippen LogP contribution in [0.5, 0.6) is 5.75 Å². The monoisotopic (exact) mass is 317 g/mol. The van der Waals surface area contributed by atoms with E-state index in [4.69, 9.17) is 4.74 Å². The van der Waals surface area contributed by atoms with Crippen molar-refractivity contribution in [2.24, 2.45) is 0 Å². The van der Waals surface area contributed by atoms with Gasteiger partial charge in [0.2, 0.25) is 10.0 Å². The molecular weight excluding hydrogens is 301 g/mol. The zero-order chi connectivity index (χ0) is 15.6. The fourth-order valence-corrected chi connectivity index (χ4v) is 3.36. The summed E-state index contributed by atoms with van der Waals surface area (Å²) in [7, 11) is -2.40. The number of esters is 1. The van der Waals surface area contributed by atoms with Gasteiger partial charge in [0.1, 0.15) is 12.1 Å². The van der Waals surface area contributed by atoms with Crippen LogP contribution in [0.25, 0.3) is 0 Å². The van der Waals surface area contributed by atoms with E-state index in [1.165, 1.54) is 25.3 Å². The van der Waals surface area contributed by atoms with Gasteiger partial charge in [0, 0.05) is 6.42 Å². The summed E-state index contributed by atoms with van der Waals surface area (Å²) < 4.78 is 48.1. The minimum Gasteiger partial charge on any atom is -0.486 e. The molecule has 2 atom stereocenters. The molecule has 1 aromatic rings. The van der Waals surface area contributed by atoms with Crippen LogP contribution in [0.4, 0.5) is 4.39 Å². The highest BCUT2D eigenvalue weighted by Crippen LogP contribution is 2.27. The molecule has 1 fully saturated rings. The van der Waals surface area contributed by atoms with E-state index >= 15 is 0 Å². The maximum atomic E-state index is 13.5. The van der Waals surface area contributed by atoms with Crippen LogP contribution in [0.3, 0.4) is 0 Å². The van der Waals surface area contributed by atoms with Crippen LogP contribution < -0.4 is 4.74 Å². The first-order valence-electron chi connectivity index (χ1n) is 6.28. The molecule has 1 aliphatic heterocycles. The normalized spacial score (nSPS) is 23.0. The summed E-state index contributed by atoms with van der Waals surface area (Å²) in [5, 5.41) is 0. The van der Waals surface area contributed by atoms with Gasteiger partial charge in [-0.15, -0.1) is 0 Å². The molecule has 1 aromatic carbocycles. The van der Waals surface area contributed by atoms with Gasteiger partial charge in [-0.2, -0.15) is 4.31 Å². The van der Waals surface area contributed by atoms with Gasteiger partial charge in [-0.25, -0.2) is 12.8 Å². The average Bonchev–Trinajstić information content (AvgIpc) is 2.84. The van der Waals surface area contributed by atoms with Crippen molar-refractivity contribution in [2.45, 2.75) is 18.6 Å². The van der Waals surface area contributed by atoms with Crippen molar-refractivity contribution < 1.29 is 27.1 Å². The second-order valence-electron chi connectivity index (χ2n) is 4.78. The molecule has 0 aromatic heterocycles. The summed E-state index contributed by atoms with van der Waals surface area (Å²) in [6, 6.07) is 4.89. The Morgan fingerprint density at radius 1 is 1.38 bits per heavy atom. The molecule has 21 heavy (non-hydrogen) atoms. The van der Waals surface area contributed by atoms with E-state index in [-0.39, 0.29) is 18.7 Å². The maximum absolute atomic E-state index is 13.5. The number of halogens is 1. The molecule has 0 bridgehead atoms. The Morgan fingerprint density at radius 2 is 2.05 bits per heavy atom. The zero-order valence-corrected chi connectivity index (χ0v) is 12.5. The molecule has 8 heteroatoms. The van der Waals surface area contributed by atoms with Crippen molar-refractivity contribution in [1.82, 2.24) is 4.31 Å². The number of hydrogen-bond donors (Lipinski definition) is 0. The number of carbonyl (C=O) groups excluding carboxylic acids is 1. The largest absolute Gasteiger partial charge is 0.486 e. The molecule has 0 amide bonds. The second-order valence-corrected chi connectivity index (χ2v) is 6.71. The number of nitrogens with zero attached hydrogens (tertiary/aromatic N) is 1. The molecule has 6 nitrogen and oxygen atoms in total. The molecule has 0 radical (unpaired) electrons. The van der Waals surface area contributed by atoms with Gasteiger partial charge < -0.3 is 9.47 Å². The number of hydrogen-bond acceptors (Lipinski definition) is 5. The van der Waals surface area contributed by atoms with E-state index < -0.39 is 34.0 Å². The number of carbonyl (C=O) groups is 1. The first kappa shape index (κ1) is 15.7. The highest BCUT2D eigenvalue weighted by Gasteiger charge is 2.43. The molecule has 116 valence electrons. The highest BCUT2D eigenvalue weighted by molar-refractivity contribution is 7.88. The molecule has 0 saturated carbocycles. The Labute approximate surface area is 122 Å². The summed E-state index contributed by atoms with van der Waals surface area (Å²) in [4.78, 5) is 11.7. The third kappa shape index (κ3) is 3.51. The van der Waals surface area contributed by atoms with Gasteiger partial charge >= 0.3 is 5.97 Å². The van der Waals surface area contributed by atoms with Crippen molar-refractivity contribution in [2.75, 3.05) is 19.9 Å². The van der Waals surface area contributed by atoms with E-state index in [2.05, 4.69) is 4.74 Å². The fourth-order valence-electron chi connectivity index (χ4n) is 2.29. The topological polar surface area (TPSA) is 72.9 Å². The average molecular weight is 317 g/mol. The Hall–Kier alpha value is -1.67. The predicted molar refractivity (Wildman–Crippen MR) is 72.8 cm³/mol. The number of rotatable bonds is 4. The molecule has 0 N–H and O–H groups in total. The van der Waals surface area contributed by atoms with Crippen LogP contribution in [0.1, 0.15) is 6.42 Å². The number of benzene rings is 1. The van der Waals surface area contributed by atoms with Gasteiger partial charge in [-0.1, -0.05) is 12.1 Å². The van der Waals surface area contributed by atoms with Crippen molar-refractivity contribution in [3.63, 3.8) is 0 Å². The van der Waals surface area contributed by atoms with Gasteiger partial charge in [0.05, 0.1) is 19.9 Å². The fraction of sp³-hybridized carbons (Fsp3) is 0.462. The quantitative estimate of drug-likeness (QED) is 0.767. The van der Waals surface area contributed by atoms with Crippen molar-refractivity contribution in [3.05, 3.63) is 30.1 Å². The van der Waals surface area contributed by atoms with Crippen LogP contribution in [0.15, 0.2) is 24.3 Å². The lowest BCUT2D eigenvalue weighted by Gasteiger charge is -2.19. The van der Waals surface area contributed by atoms with E-state index in [9.17, 15) is 17.6 Å². The maximum Gasteiger partial charge on any atom is 0.324 e. The van der Waals surface area contributed by atoms with Gasteiger partial charge in [-0.05, 0) is 12.1 Å². The molecule has 1 aliphatic rings. The third-order valence-electron chi connectivity index (χ3n) is 3.25. The van der Waals surface area contributed by atoms with E-state index in [1.807, 2.05) is 0 Å². The Bertz CT molecular complexity index is 633. The summed E-state index contributed by atoms with van der Waals surface area (Å²) in [6.07, 6.45) is 0.517. The summed E-state index contributed by atoms with van der Waals surface area (Å²) in [5.74, 6) is -1.16. The first-order chi connectivity index (χ1) is 9.82. The number of methoxy groups -OCH3 is 1. The molecule has 2 rings (SSSR count). The predicted octanol–water partition coefficient (Wildman–Crippen LogP) is 0.780. The number of ether oxygens (including phenoxy) is 2. The Balaban J connectivity index is 2.18. The van der Waals surface area contributed by atoms with Crippen LogP contribution in [0, 0.1) is 5.82 Å². The van der Waals surface area contributed by atoms with Crippen LogP contribution in [0.2, 0.25) is 0 Å². The summed E-state index contributed by atoms with van der Waals surface area (Å²) in [6.45, 7) is -0.0209. The lowest BCUT2D eigenvalue weighted by atomic mass is 10.2. The van der Waals surface area contributed by atoms with Gasteiger partial charge in [0.25, 0.3) is 0 Å². The summed E-state index contributed by atoms with van der Waals surface area (Å²) in [5.41, 5.74) is 0. The zero-order valence-electron chi connectivity index (χ0n) is 11.7. The van der Waals surface area contributed by atoms with Crippen molar-refractivity contribution >= 4 is 16.0 Å². The molecular formula is C13H16FNO5S. The minimum absolute atomic E-state index is 0.0209. The molecule has 1 saturated heterocycles. The molecule has 0 unspecified atom stereocenters. The first-order valence-corrected chi connectivity index (χ1v) is 8.13. The van der Waals surface area contributed by atoms with Crippen LogP contribution in [-0.2, 0) is 19.6 Å². The number of sulfonamides is 1. The van der Waals surface area contributed by atoms with Crippen molar-refractivity contribution in [1.29, 1.82) is 0 Å². The molecule has 0 spiro atoms. The smallest absolute Gasteiger partial charge is 0.324 e. The lowest BCUT2D eigenvalue weighted by molar-refractivity contribution is -0.144. The third-order valence-corrected chi connectivity index (χ3v) is 4.50. The molecule has 0 aliphatic carbocycles. The van der Waals surface area contributed by atoms with E-state index in [0.717, 1.165) is 10.6 Å². The lowest BCUT2D eigenvalue weighted by Crippen LogP contribution is -2.40. The highest BCUT2D eigenvalue weighted by atomic mass is 32.2. The van der Waals surface area contributed by atoms with E-state index in [0.29, 0.717) is 0 Å². The number of para-hydroxylation sites is 1. The molecule has 1 heterocycles. The Morgan fingerprint density at radius 3 is 2.62 bits per heavy atom. The standard InChI is InChI=1S/C13H16FNO5S/c1-19-13(16)11-7-9(8-15(11)21(2,17)18)20-12-6-4-3-5-10(12)14/h3-6,9,11H,7-8H2,1-2H3/t9-,11-/m0/s1. The van der Waals surface area contributed by atoms with E-state index in [1.54, 1.807) is 6.07 Å². The summed E-state index contributed by atoms with van der Waals surface area (Å²) >= 11 is 0. The minimum atomic E-state index is -3.58. The van der Waals surface area contributed by atoms with Gasteiger partial charge in [0.15, 0.2) is 11.6 Å². The Kier molecular flexibility index (Phi) is 4.48. The van der Waals surface area contributed by atoms with Crippen molar-refractivity contribution in [3.8, 4) is 5.75 Å².